The Kier molecular flexibility index (Phi) is 9.98. The van der Waals surface area contributed by atoms with Gasteiger partial charge in [0.25, 0.3) is 0 Å². The average Bonchev–Trinajstić information content (AvgIpc) is 3.26. The quantitative estimate of drug-likeness (QED) is 0.260. The Labute approximate surface area is 230 Å². The number of para-hydroxylation sites is 2. The van der Waals surface area contributed by atoms with Gasteiger partial charge in [-0.15, -0.1) is 0 Å². The molecule has 3 aromatic rings. The van der Waals surface area contributed by atoms with Crippen molar-refractivity contribution in [3.05, 3.63) is 47.8 Å². The third kappa shape index (κ3) is 8.08. The summed E-state index contributed by atoms with van der Waals surface area (Å²) >= 11 is -1.98. The molecule has 0 fully saturated rings. The van der Waals surface area contributed by atoms with E-state index in [1.807, 2.05) is 0 Å². The molecule has 1 aromatic carbocycles. The van der Waals surface area contributed by atoms with E-state index < -0.39 is 48.0 Å². The number of nitrogens with zero attached hydrogens (tertiary/aromatic N) is 4. The molecule has 15 heteroatoms. The molecule has 0 saturated heterocycles. The number of pyridine rings is 1. The maximum Gasteiger partial charge on any atom is 0.422 e. The SMILES string of the molecule is CC(=O)OCC(CN(C)C(=O)n1c([S@+]([O-])Cc2nccc(OCC(F)(F)F)c2C)nc2ccccc21)OC(C)=O. The number of rotatable bonds is 10. The smallest absolute Gasteiger partial charge is 0.422 e. The molecule has 3 rings (SSSR count). The molecule has 2 aromatic heterocycles. The van der Waals surface area contributed by atoms with Crippen LogP contribution >= 0.6 is 0 Å². The maximum absolute atomic E-state index is 13.6. The number of fused-ring (bicyclic) bond motifs is 1. The van der Waals surface area contributed by atoms with Crippen molar-refractivity contribution in [3.8, 4) is 5.75 Å². The lowest BCUT2D eigenvalue weighted by molar-refractivity contribution is -0.156. The Balaban J connectivity index is 1.90. The topological polar surface area (TPSA) is 136 Å². The molecule has 1 unspecified atom stereocenters. The molecule has 0 aliphatic carbocycles. The number of hydrogen-bond acceptors (Lipinski definition) is 9. The molecule has 0 bridgehead atoms. The van der Waals surface area contributed by atoms with Crippen LogP contribution in [0.3, 0.4) is 0 Å². The number of halogens is 3. The third-order valence-electron chi connectivity index (χ3n) is 5.45. The molecule has 2 atom stereocenters. The fraction of sp³-hybridized carbons (Fsp3) is 0.400. The standard InChI is InChI=1S/C25H27F3N4O7S/c1-15-20(29-10-9-22(15)38-14-25(26,27)28)13-40(36)23-30-19-7-5-6-8-21(19)32(23)24(35)31(4)11-18(39-17(3)34)12-37-16(2)33/h5-10,18H,11-14H2,1-4H3/t18?,40-/m1/s1. The van der Waals surface area contributed by atoms with Gasteiger partial charge in [0.1, 0.15) is 12.4 Å². The first-order chi connectivity index (χ1) is 18.8. The van der Waals surface area contributed by atoms with Crippen molar-refractivity contribution in [1.82, 2.24) is 19.4 Å². The van der Waals surface area contributed by atoms with Crippen LogP contribution in [0.1, 0.15) is 25.1 Å². The Hall–Kier alpha value is -3.85. The molecular weight excluding hydrogens is 557 g/mol. The maximum atomic E-state index is 13.6. The van der Waals surface area contributed by atoms with Crippen molar-refractivity contribution in [2.75, 3.05) is 26.8 Å². The van der Waals surface area contributed by atoms with Gasteiger partial charge >= 0.3 is 29.3 Å². The average molecular weight is 585 g/mol. The van der Waals surface area contributed by atoms with Gasteiger partial charge in [-0.25, -0.2) is 9.36 Å². The van der Waals surface area contributed by atoms with E-state index in [1.54, 1.807) is 24.3 Å². The fourth-order valence-electron chi connectivity index (χ4n) is 3.67. The largest absolute Gasteiger partial charge is 0.609 e. The molecule has 0 aliphatic heterocycles. The zero-order valence-electron chi connectivity index (χ0n) is 22.1. The predicted octanol–water partition coefficient (Wildman–Crippen LogP) is 3.38. The van der Waals surface area contributed by atoms with Crippen LogP contribution in [-0.4, -0.2) is 81.0 Å². The Bertz CT molecular complexity index is 1380. The summed E-state index contributed by atoms with van der Waals surface area (Å²) in [5.74, 6) is -1.57. The highest BCUT2D eigenvalue weighted by molar-refractivity contribution is 7.90. The Morgan fingerprint density at radius 3 is 2.50 bits per heavy atom. The van der Waals surface area contributed by atoms with Crippen molar-refractivity contribution in [3.63, 3.8) is 0 Å². The molecular formula is C25H27F3N4O7S. The van der Waals surface area contributed by atoms with E-state index in [0.717, 1.165) is 4.57 Å². The lowest BCUT2D eigenvalue weighted by Gasteiger charge is -2.24. The summed E-state index contributed by atoms with van der Waals surface area (Å²) in [7, 11) is 1.42. The van der Waals surface area contributed by atoms with Crippen molar-refractivity contribution in [1.29, 1.82) is 0 Å². The minimum Gasteiger partial charge on any atom is -0.609 e. The Morgan fingerprint density at radius 1 is 1.15 bits per heavy atom. The van der Waals surface area contributed by atoms with E-state index >= 15 is 0 Å². The number of aromatic nitrogens is 3. The first kappa shape index (κ1) is 30.7. The minimum atomic E-state index is -4.54. The molecule has 0 radical (unpaired) electrons. The van der Waals surface area contributed by atoms with E-state index in [4.69, 9.17) is 14.2 Å². The second-order valence-electron chi connectivity index (χ2n) is 8.69. The molecule has 2 heterocycles. The first-order valence-electron chi connectivity index (χ1n) is 11.8. The lowest BCUT2D eigenvalue weighted by Crippen LogP contribution is -2.41. The number of ether oxygens (including phenoxy) is 3. The van der Waals surface area contributed by atoms with Crippen molar-refractivity contribution in [2.45, 2.75) is 44.0 Å². The van der Waals surface area contributed by atoms with Gasteiger partial charge in [0.15, 0.2) is 18.5 Å². The molecule has 216 valence electrons. The monoisotopic (exact) mass is 584 g/mol. The summed E-state index contributed by atoms with van der Waals surface area (Å²) in [6.07, 6.45) is -4.26. The number of benzene rings is 1. The van der Waals surface area contributed by atoms with Crippen LogP contribution in [0.4, 0.5) is 18.0 Å². The van der Waals surface area contributed by atoms with E-state index in [2.05, 4.69) is 9.97 Å². The Morgan fingerprint density at radius 2 is 1.85 bits per heavy atom. The summed E-state index contributed by atoms with van der Waals surface area (Å²) in [6, 6.07) is 7.18. The molecule has 0 aliphatic rings. The summed E-state index contributed by atoms with van der Waals surface area (Å²) in [5, 5.41) is -0.120. The third-order valence-corrected chi connectivity index (χ3v) is 6.67. The number of carbonyl (C=O) groups excluding carboxylic acids is 3. The highest BCUT2D eigenvalue weighted by Crippen LogP contribution is 2.27. The van der Waals surface area contributed by atoms with Crippen LogP contribution in [0.5, 0.6) is 5.75 Å². The summed E-state index contributed by atoms with van der Waals surface area (Å²) in [4.78, 5) is 46.0. The normalized spacial score (nSPS) is 13.0. The van der Waals surface area contributed by atoms with Crippen LogP contribution in [0.2, 0.25) is 0 Å². The lowest BCUT2D eigenvalue weighted by atomic mass is 10.2. The van der Waals surface area contributed by atoms with Crippen molar-refractivity contribution in [2.24, 2.45) is 0 Å². The number of hydrogen-bond donors (Lipinski definition) is 0. The van der Waals surface area contributed by atoms with Gasteiger partial charge in [-0.3, -0.25) is 14.6 Å². The van der Waals surface area contributed by atoms with Gasteiger partial charge in [0, 0.05) is 43.8 Å². The van der Waals surface area contributed by atoms with Crippen LogP contribution in [0.15, 0.2) is 41.7 Å². The van der Waals surface area contributed by atoms with Gasteiger partial charge in [0.05, 0.1) is 23.3 Å². The number of carbonyl (C=O) groups is 3. The van der Waals surface area contributed by atoms with Gasteiger partial charge in [-0.1, -0.05) is 12.1 Å². The van der Waals surface area contributed by atoms with Crippen LogP contribution in [0.25, 0.3) is 11.0 Å². The van der Waals surface area contributed by atoms with E-state index in [9.17, 15) is 32.1 Å². The molecule has 40 heavy (non-hydrogen) atoms. The number of likely N-dealkylation sites (N-methyl/N-ethyl adjacent to an activating group) is 1. The van der Waals surface area contributed by atoms with Gasteiger partial charge in [0.2, 0.25) is 0 Å². The minimum absolute atomic E-state index is 0.0621. The number of imidazole rings is 1. The molecule has 1 amide bonds. The van der Waals surface area contributed by atoms with Crippen LogP contribution < -0.4 is 4.74 Å². The van der Waals surface area contributed by atoms with Crippen molar-refractivity contribution >= 4 is 40.2 Å². The summed E-state index contributed by atoms with van der Waals surface area (Å²) < 4.78 is 67.5. The molecule has 0 saturated carbocycles. The second-order valence-corrected chi connectivity index (χ2v) is 10.0. The molecule has 11 nitrogen and oxygen atoms in total. The van der Waals surface area contributed by atoms with Gasteiger partial charge in [-0.05, 0) is 25.1 Å². The van der Waals surface area contributed by atoms with Crippen molar-refractivity contribution < 1.29 is 46.3 Å². The highest BCUT2D eigenvalue weighted by Gasteiger charge is 2.32. The van der Waals surface area contributed by atoms with E-state index in [0.29, 0.717) is 11.0 Å². The zero-order chi connectivity index (χ0) is 29.6. The number of alkyl halides is 3. The van der Waals surface area contributed by atoms with Crippen LogP contribution in [0, 0.1) is 6.92 Å². The first-order valence-corrected chi connectivity index (χ1v) is 13.1. The summed E-state index contributed by atoms with van der Waals surface area (Å²) in [6.45, 7) is 1.91. The second kappa shape index (κ2) is 13.0. The molecule has 0 N–H and O–H groups in total. The number of esters is 2. The highest BCUT2D eigenvalue weighted by atomic mass is 32.2. The molecule has 0 spiro atoms. The summed E-state index contributed by atoms with van der Waals surface area (Å²) in [5.41, 5.74) is 1.18. The zero-order valence-corrected chi connectivity index (χ0v) is 22.9. The predicted molar refractivity (Wildman–Crippen MR) is 136 cm³/mol. The van der Waals surface area contributed by atoms with Gasteiger partial charge < -0.3 is 23.7 Å². The fourth-order valence-corrected chi connectivity index (χ4v) is 4.92. The number of amides is 1. The van der Waals surface area contributed by atoms with Crippen LogP contribution in [-0.2, 0) is 36.0 Å². The van der Waals surface area contributed by atoms with E-state index in [1.165, 1.54) is 45.0 Å². The van der Waals surface area contributed by atoms with Gasteiger partial charge in [-0.2, -0.15) is 18.2 Å². The van der Waals surface area contributed by atoms with E-state index in [-0.39, 0.29) is 41.1 Å².